The van der Waals surface area contributed by atoms with E-state index in [0.717, 1.165) is 11.3 Å². The molecule has 1 amide bonds. The van der Waals surface area contributed by atoms with Crippen LogP contribution >= 0.6 is 23.2 Å². The van der Waals surface area contributed by atoms with Crippen molar-refractivity contribution in [2.45, 2.75) is 6.61 Å². The molecule has 3 aromatic carbocycles. The Bertz CT molecular complexity index is 1150. The molecule has 0 aliphatic carbocycles. The van der Waals surface area contributed by atoms with Crippen LogP contribution in [-0.2, 0) is 6.61 Å². The molecule has 9 heteroatoms. The number of nitrogens with zero attached hydrogens (tertiary/aromatic N) is 1. The van der Waals surface area contributed by atoms with E-state index in [2.05, 4.69) is 5.32 Å². The predicted octanol–water partition coefficient (Wildman–Crippen LogP) is 2.71. The maximum absolute atomic E-state index is 12.5. The Morgan fingerprint density at radius 3 is 2.44 bits per heavy atom. The quantitative estimate of drug-likeness (QED) is 0.523. The van der Waals surface area contributed by atoms with E-state index in [9.17, 15) is 14.7 Å². The number of carbonyl (C=O) groups is 2. The van der Waals surface area contributed by atoms with Crippen molar-refractivity contribution >= 4 is 46.5 Å². The number of halogens is 2. The first-order valence-corrected chi connectivity index (χ1v) is 10.0. The van der Waals surface area contributed by atoms with E-state index in [1.54, 1.807) is 6.07 Å². The molecule has 0 saturated carbocycles. The Labute approximate surface area is 209 Å². The number of hydrogen-bond donors (Lipinski definition) is 2. The van der Waals surface area contributed by atoms with Crippen LogP contribution in [0.2, 0.25) is 10.0 Å². The Morgan fingerprint density at radius 1 is 1.03 bits per heavy atom. The molecule has 0 radical (unpaired) electrons. The number of rotatable bonds is 7. The Balaban J connectivity index is 0.00000272. The largest absolute Gasteiger partial charge is 1.00 e. The summed E-state index contributed by atoms with van der Waals surface area (Å²) in [6.07, 6.45) is 0. The predicted molar refractivity (Wildman–Crippen MR) is 124 cm³/mol. The number of carbonyl (C=O) groups excluding carboxylic acids is 1. The van der Waals surface area contributed by atoms with Gasteiger partial charge in [-0.05, 0) is 54.1 Å². The van der Waals surface area contributed by atoms with E-state index in [4.69, 9.17) is 27.9 Å². The van der Waals surface area contributed by atoms with Gasteiger partial charge in [0.25, 0.3) is 5.91 Å². The Hall–Kier alpha value is -2.62. The molecule has 3 rings (SSSR count). The number of benzene rings is 3. The molecule has 2 N–H and O–H groups in total. The number of aromatic carboxylic acids is 1. The van der Waals surface area contributed by atoms with Gasteiger partial charge in [0, 0.05) is 24.8 Å². The number of nitrogens with one attached hydrogen (secondary N) is 1. The second-order valence-electron chi connectivity index (χ2n) is 6.94. The zero-order chi connectivity index (χ0) is 22.5. The third-order valence-electron chi connectivity index (χ3n) is 4.48. The van der Waals surface area contributed by atoms with Gasteiger partial charge >= 0.3 is 24.8 Å². The summed E-state index contributed by atoms with van der Waals surface area (Å²) >= 11 is 11.9. The molecule has 0 unspecified atom stereocenters. The standard InChI is InChI=1S/C23H20Cl2N2O4.Li.H/c1-27(2)16-5-3-4-14(10-16)13-31-17-7-9-21(19(12-17)23(29)30)26-22(28)18-8-6-15(24)11-20(18)25;;/h3-12H,13H2,1-2H3,(H,26,28)(H,29,30);;/q;+1;-1. The Morgan fingerprint density at radius 2 is 1.78 bits per heavy atom. The number of anilines is 2. The molecule has 0 aliphatic rings. The van der Waals surface area contributed by atoms with Crippen LogP contribution in [0, 0.1) is 0 Å². The molecule has 0 atom stereocenters. The summed E-state index contributed by atoms with van der Waals surface area (Å²) in [6, 6.07) is 16.7. The fraction of sp³-hybridized carbons (Fsp3) is 0.130. The van der Waals surface area contributed by atoms with Gasteiger partial charge in [-0.25, -0.2) is 4.79 Å². The van der Waals surface area contributed by atoms with Crippen LogP contribution in [0.15, 0.2) is 60.7 Å². The first-order valence-electron chi connectivity index (χ1n) is 9.27. The van der Waals surface area contributed by atoms with Crippen LogP contribution < -0.4 is 33.8 Å². The minimum atomic E-state index is -1.20. The van der Waals surface area contributed by atoms with Crippen molar-refractivity contribution in [1.82, 2.24) is 0 Å². The maximum atomic E-state index is 12.5. The van der Waals surface area contributed by atoms with Gasteiger partial charge in [0.2, 0.25) is 0 Å². The summed E-state index contributed by atoms with van der Waals surface area (Å²) in [5, 5.41) is 12.7. The first kappa shape index (κ1) is 25.6. The monoisotopic (exact) mass is 466 g/mol. The van der Waals surface area contributed by atoms with E-state index in [1.807, 2.05) is 43.3 Å². The summed E-state index contributed by atoms with van der Waals surface area (Å²) in [4.78, 5) is 26.3. The summed E-state index contributed by atoms with van der Waals surface area (Å²) in [7, 11) is 3.90. The summed E-state index contributed by atoms with van der Waals surface area (Å²) < 4.78 is 5.76. The van der Waals surface area contributed by atoms with Crippen LogP contribution in [0.1, 0.15) is 27.7 Å². The van der Waals surface area contributed by atoms with E-state index in [-0.39, 0.29) is 48.7 Å². The van der Waals surface area contributed by atoms with E-state index < -0.39 is 11.9 Å². The average Bonchev–Trinajstić information content (AvgIpc) is 2.72. The molecule has 0 bridgehead atoms. The topological polar surface area (TPSA) is 78.9 Å². The zero-order valence-electron chi connectivity index (χ0n) is 18.9. The molecule has 0 fully saturated rings. The van der Waals surface area contributed by atoms with Gasteiger partial charge in [-0.15, -0.1) is 0 Å². The van der Waals surface area contributed by atoms with Gasteiger partial charge in [-0.1, -0.05) is 35.3 Å². The third-order valence-corrected chi connectivity index (χ3v) is 5.03. The summed E-state index contributed by atoms with van der Waals surface area (Å²) in [5.74, 6) is -1.37. The number of ether oxygens (including phenoxy) is 1. The van der Waals surface area contributed by atoms with Crippen LogP contribution in [0.3, 0.4) is 0 Å². The minimum absolute atomic E-state index is 0. The third kappa shape index (κ3) is 6.44. The molecule has 3 aromatic rings. The molecular formula is C23H21Cl2LiN2O4. The molecule has 32 heavy (non-hydrogen) atoms. The van der Waals surface area contributed by atoms with E-state index in [0.29, 0.717) is 10.8 Å². The molecule has 0 heterocycles. The van der Waals surface area contributed by atoms with Crippen molar-refractivity contribution in [2.24, 2.45) is 0 Å². The second-order valence-corrected chi connectivity index (χ2v) is 7.79. The molecule has 6 nitrogen and oxygen atoms in total. The SMILES string of the molecule is CN(C)c1cccc(COc2ccc(NC(=O)c3ccc(Cl)cc3Cl)c(C(=O)O)c2)c1.[H-].[Li+]. The average molecular weight is 467 g/mol. The van der Waals surface area contributed by atoms with Crippen molar-refractivity contribution in [2.75, 3.05) is 24.3 Å². The summed E-state index contributed by atoms with van der Waals surface area (Å²) in [5.41, 5.74) is 2.19. The van der Waals surface area contributed by atoms with Crippen molar-refractivity contribution in [3.8, 4) is 5.75 Å². The van der Waals surface area contributed by atoms with Crippen LogP contribution in [0.25, 0.3) is 0 Å². The Kier molecular flexibility index (Phi) is 9.06. The molecule has 0 aliphatic heterocycles. The van der Waals surface area contributed by atoms with E-state index in [1.165, 1.54) is 30.3 Å². The molecular weight excluding hydrogens is 446 g/mol. The van der Waals surface area contributed by atoms with Gasteiger partial charge in [0.15, 0.2) is 0 Å². The zero-order valence-corrected chi connectivity index (χ0v) is 19.4. The fourth-order valence-corrected chi connectivity index (χ4v) is 3.35. The smallest absolute Gasteiger partial charge is 1.00 e. The van der Waals surface area contributed by atoms with Crippen LogP contribution in [-0.4, -0.2) is 31.1 Å². The van der Waals surface area contributed by atoms with Gasteiger partial charge in [-0.3, -0.25) is 4.79 Å². The van der Waals surface area contributed by atoms with Crippen molar-refractivity contribution in [1.29, 1.82) is 0 Å². The van der Waals surface area contributed by atoms with Crippen molar-refractivity contribution < 1.29 is 39.7 Å². The van der Waals surface area contributed by atoms with Gasteiger partial charge < -0.3 is 21.5 Å². The number of carboxylic acids is 1. The first-order chi connectivity index (χ1) is 14.7. The molecule has 0 spiro atoms. The number of amides is 1. The van der Waals surface area contributed by atoms with Gasteiger partial charge in [0.05, 0.1) is 21.8 Å². The van der Waals surface area contributed by atoms with E-state index >= 15 is 0 Å². The van der Waals surface area contributed by atoms with Crippen LogP contribution in [0.4, 0.5) is 11.4 Å². The molecule has 0 saturated heterocycles. The minimum Gasteiger partial charge on any atom is -1.00 e. The molecule has 162 valence electrons. The van der Waals surface area contributed by atoms with Gasteiger partial charge in [0.1, 0.15) is 12.4 Å². The number of carboxylic acid groups (broad SMARTS) is 1. The second kappa shape index (κ2) is 11.3. The van der Waals surface area contributed by atoms with Crippen molar-refractivity contribution in [3.05, 3.63) is 87.4 Å². The van der Waals surface area contributed by atoms with Gasteiger partial charge in [-0.2, -0.15) is 0 Å². The maximum Gasteiger partial charge on any atom is 1.00 e. The summed E-state index contributed by atoms with van der Waals surface area (Å²) in [6.45, 7) is 0.271. The van der Waals surface area contributed by atoms with Crippen LogP contribution in [0.5, 0.6) is 5.75 Å². The number of hydrogen-bond acceptors (Lipinski definition) is 4. The van der Waals surface area contributed by atoms with Crippen molar-refractivity contribution in [3.63, 3.8) is 0 Å². The molecule has 0 aromatic heterocycles. The normalized spacial score (nSPS) is 10.1. The fourth-order valence-electron chi connectivity index (χ4n) is 2.85.